The van der Waals surface area contributed by atoms with Crippen molar-refractivity contribution in [1.29, 1.82) is 0 Å². The van der Waals surface area contributed by atoms with Crippen LogP contribution in [0.3, 0.4) is 0 Å². The first kappa shape index (κ1) is 15.6. The fraction of sp³-hybridized carbons (Fsp3) is 0.417. The topological polar surface area (TPSA) is 95.6 Å². The number of hydrogen-bond donors (Lipinski definition) is 4. The molecule has 5 N–H and O–H groups in total. The highest BCUT2D eigenvalue weighted by atomic mass is 32.2. The summed E-state index contributed by atoms with van der Waals surface area (Å²) >= 11 is 1.64. The predicted molar refractivity (Wildman–Crippen MR) is 75.3 cm³/mol. The van der Waals surface area contributed by atoms with Gasteiger partial charge >= 0.3 is 5.97 Å². The molecule has 0 amide bonds. The van der Waals surface area contributed by atoms with Crippen molar-refractivity contribution in [2.75, 3.05) is 35.7 Å². The molecule has 0 fully saturated rings. The minimum absolute atomic E-state index is 0.165. The molecular formula is C12H17FN2O3S. The van der Waals surface area contributed by atoms with Crippen LogP contribution in [0.2, 0.25) is 0 Å². The predicted octanol–water partition coefficient (Wildman–Crippen LogP) is 1.63. The second kappa shape index (κ2) is 7.85. The lowest BCUT2D eigenvalue weighted by atomic mass is 10.1. The van der Waals surface area contributed by atoms with Gasteiger partial charge in [0, 0.05) is 18.9 Å². The molecule has 0 aliphatic heterocycles. The number of anilines is 2. The zero-order valence-electron chi connectivity index (χ0n) is 10.4. The van der Waals surface area contributed by atoms with E-state index in [1.54, 1.807) is 11.8 Å². The van der Waals surface area contributed by atoms with Gasteiger partial charge in [-0.25, -0.2) is 9.18 Å². The van der Waals surface area contributed by atoms with Crippen molar-refractivity contribution in [2.45, 2.75) is 6.42 Å². The maximum absolute atomic E-state index is 13.2. The van der Waals surface area contributed by atoms with Crippen molar-refractivity contribution in [1.82, 2.24) is 0 Å². The Balaban J connectivity index is 2.58. The zero-order valence-corrected chi connectivity index (χ0v) is 11.2. The lowest BCUT2D eigenvalue weighted by Crippen LogP contribution is -2.12. The van der Waals surface area contributed by atoms with E-state index in [0.29, 0.717) is 12.2 Å². The molecule has 5 nitrogen and oxygen atoms in total. The van der Waals surface area contributed by atoms with E-state index in [0.717, 1.165) is 24.0 Å². The molecule has 19 heavy (non-hydrogen) atoms. The Hall–Kier alpha value is -1.47. The molecular weight excluding hydrogens is 271 g/mol. The fourth-order valence-corrected chi connectivity index (χ4v) is 2.28. The Morgan fingerprint density at radius 3 is 2.79 bits per heavy atom. The third-order valence-electron chi connectivity index (χ3n) is 2.41. The molecule has 1 aromatic carbocycles. The number of rotatable bonds is 8. The van der Waals surface area contributed by atoms with E-state index in [2.05, 4.69) is 5.32 Å². The number of halogens is 1. The molecule has 1 aromatic rings. The minimum atomic E-state index is -1.26. The first-order valence-corrected chi connectivity index (χ1v) is 6.97. The largest absolute Gasteiger partial charge is 0.478 e. The van der Waals surface area contributed by atoms with E-state index in [1.807, 2.05) is 0 Å². The van der Waals surface area contributed by atoms with Gasteiger partial charge in [0.25, 0.3) is 0 Å². The van der Waals surface area contributed by atoms with Gasteiger partial charge in [-0.15, -0.1) is 0 Å². The molecule has 1 rings (SSSR count). The van der Waals surface area contributed by atoms with E-state index >= 15 is 0 Å². The fourth-order valence-electron chi connectivity index (χ4n) is 1.50. The molecule has 0 saturated carbocycles. The van der Waals surface area contributed by atoms with Crippen LogP contribution in [0.5, 0.6) is 0 Å². The van der Waals surface area contributed by atoms with Crippen LogP contribution in [0, 0.1) is 5.82 Å². The Kier molecular flexibility index (Phi) is 6.44. The van der Waals surface area contributed by atoms with Crippen LogP contribution in [0.25, 0.3) is 0 Å². The Morgan fingerprint density at radius 1 is 1.42 bits per heavy atom. The van der Waals surface area contributed by atoms with Gasteiger partial charge in [0.05, 0.1) is 11.4 Å². The number of aromatic carboxylic acids is 1. The van der Waals surface area contributed by atoms with Crippen molar-refractivity contribution in [3.63, 3.8) is 0 Å². The summed E-state index contributed by atoms with van der Waals surface area (Å²) in [5.74, 6) is -0.390. The maximum atomic E-state index is 13.2. The molecule has 0 spiro atoms. The van der Waals surface area contributed by atoms with Gasteiger partial charge in [-0.3, -0.25) is 0 Å². The third-order valence-corrected chi connectivity index (χ3v) is 3.48. The van der Waals surface area contributed by atoms with Crippen molar-refractivity contribution < 1.29 is 19.4 Å². The number of carboxylic acids is 1. The smallest absolute Gasteiger partial charge is 0.340 e. The van der Waals surface area contributed by atoms with Crippen molar-refractivity contribution >= 4 is 29.1 Å². The first-order valence-electron chi connectivity index (χ1n) is 5.81. The molecule has 0 saturated heterocycles. The summed E-state index contributed by atoms with van der Waals surface area (Å²) in [6.07, 6.45) is 0.731. The number of hydrogen-bond acceptors (Lipinski definition) is 5. The molecule has 0 aromatic heterocycles. The van der Waals surface area contributed by atoms with E-state index in [4.69, 9.17) is 15.9 Å². The number of nitrogens with two attached hydrogens (primary N) is 1. The summed E-state index contributed by atoms with van der Waals surface area (Å²) < 4.78 is 13.2. The van der Waals surface area contributed by atoms with Gasteiger partial charge in [0.2, 0.25) is 0 Å². The number of aliphatic hydroxyl groups is 1. The summed E-state index contributed by atoms with van der Waals surface area (Å²) in [7, 11) is 0. The van der Waals surface area contributed by atoms with Gasteiger partial charge < -0.3 is 21.3 Å². The number of carboxylic acid groups (broad SMARTS) is 1. The average Bonchev–Trinajstić information content (AvgIpc) is 2.37. The van der Waals surface area contributed by atoms with Gasteiger partial charge in [-0.1, -0.05) is 0 Å². The van der Waals surface area contributed by atoms with E-state index in [-0.39, 0.29) is 17.9 Å². The van der Waals surface area contributed by atoms with Gasteiger partial charge in [0.15, 0.2) is 0 Å². The quantitative estimate of drug-likeness (QED) is 0.429. The normalized spacial score (nSPS) is 10.4. The molecule has 0 heterocycles. The minimum Gasteiger partial charge on any atom is -0.478 e. The van der Waals surface area contributed by atoms with Crippen LogP contribution >= 0.6 is 11.8 Å². The lowest BCUT2D eigenvalue weighted by Gasteiger charge is -2.11. The molecule has 7 heteroatoms. The Morgan fingerprint density at radius 2 is 2.16 bits per heavy atom. The molecule has 0 atom stereocenters. The van der Waals surface area contributed by atoms with Gasteiger partial charge in [-0.2, -0.15) is 11.8 Å². The SMILES string of the molecule is Nc1c(F)ccc(NCCSCCCO)c1C(=O)O. The maximum Gasteiger partial charge on any atom is 0.340 e. The number of nitrogen functional groups attached to an aromatic ring is 1. The molecule has 0 aliphatic rings. The molecule has 106 valence electrons. The number of thioether (sulfide) groups is 1. The monoisotopic (exact) mass is 288 g/mol. The summed E-state index contributed by atoms with van der Waals surface area (Å²) in [4.78, 5) is 11.0. The van der Waals surface area contributed by atoms with Crippen LogP contribution in [-0.4, -0.2) is 40.8 Å². The Labute approximate surface area is 115 Å². The van der Waals surface area contributed by atoms with Crippen molar-refractivity contribution in [3.8, 4) is 0 Å². The third kappa shape index (κ3) is 4.60. The molecule has 0 radical (unpaired) electrons. The summed E-state index contributed by atoms with van der Waals surface area (Å²) in [5, 5.41) is 20.6. The van der Waals surface area contributed by atoms with E-state index < -0.39 is 11.8 Å². The summed E-state index contributed by atoms with van der Waals surface area (Å²) in [6, 6.07) is 2.51. The zero-order chi connectivity index (χ0) is 14.3. The van der Waals surface area contributed by atoms with Crippen LogP contribution in [0.15, 0.2) is 12.1 Å². The first-order chi connectivity index (χ1) is 9.07. The lowest BCUT2D eigenvalue weighted by molar-refractivity contribution is 0.0698. The Bertz CT molecular complexity index is 443. The number of carbonyl (C=O) groups is 1. The van der Waals surface area contributed by atoms with Crippen LogP contribution < -0.4 is 11.1 Å². The molecule has 0 aliphatic carbocycles. The van der Waals surface area contributed by atoms with E-state index in [9.17, 15) is 9.18 Å². The number of benzene rings is 1. The van der Waals surface area contributed by atoms with Crippen LogP contribution in [-0.2, 0) is 0 Å². The summed E-state index contributed by atoms with van der Waals surface area (Å²) in [5.41, 5.74) is 5.15. The van der Waals surface area contributed by atoms with Gasteiger partial charge in [-0.05, 0) is 24.3 Å². The highest BCUT2D eigenvalue weighted by Crippen LogP contribution is 2.25. The summed E-state index contributed by atoms with van der Waals surface area (Å²) in [6.45, 7) is 0.708. The standard InChI is InChI=1S/C12H17FN2O3S/c13-8-2-3-9(10(11(8)14)12(17)18)15-4-7-19-6-1-5-16/h2-3,15-16H,1,4-7,14H2,(H,17,18). The average molecular weight is 288 g/mol. The highest BCUT2D eigenvalue weighted by Gasteiger charge is 2.16. The van der Waals surface area contributed by atoms with Crippen LogP contribution in [0.4, 0.5) is 15.8 Å². The number of aliphatic hydroxyl groups excluding tert-OH is 1. The van der Waals surface area contributed by atoms with Gasteiger partial charge in [0.1, 0.15) is 11.4 Å². The highest BCUT2D eigenvalue weighted by molar-refractivity contribution is 7.99. The van der Waals surface area contributed by atoms with E-state index in [1.165, 1.54) is 6.07 Å². The molecule has 0 bridgehead atoms. The second-order valence-corrected chi connectivity index (χ2v) is 5.03. The van der Waals surface area contributed by atoms with Crippen LogP contribution in [0.1, 0.15) is 16.8 Å². The second-order valence-electron chi connectivity index (χ2n) is 3.81. The van der Waals surface area contributed by atoms with Crippen molar-refractivity contribution in [2.24, 2.45) is 0 Å². The number of nitrogens with one attached hydrogen (secondary N) is 1. The molecule has 0 unspecified atom stereocenters. The van der Waals surface area contributed by atoms with Crippen molar-refractivity contribution in [3.05, 3.63) is 23.5 Å².